The van der Waals surface area contributed by atoms with Gasteiger partial charge in [0, 0.05) is 24.8 Å². The molecule has 31 heavy (non-hydrogen) atoms. The molecule has 0 radical (unpaired) electrons. The Morgan fingerprint density at radius 2 is 1.74 bits per heavy atom. The van der Waals surface area contributed by atoms with Gasteiger partial charge in [-0.3, -0.25) is 14.5 Å². The van der Waals surface area contributed by atoms with Crippen LogP contribution in [0.4, 0.5) is 10.1 Å². The number of nitrogens with zero attached hydrogens (tertiary/aromatic N) is 3. The molecule has 1 atom stereocenters. The van der Waals surface area contributed by atoms with Crippen molar-refractivity contribution in [2.24, 2.45) is 0 Å². The maximum absolute atomic E-state index is 13.6. The third kappa shape index (κ3) is 4.71. The third-order valence-corrected chi connectivity index (χ3v) is 6.07. The molecule has 0 saturated carbocycles. The molecule has 2 aliphatic rings. The zero-order chi connectivity index (χ0) is 21.8. The number of halogens is 1. The molecule has 6 nitrogen and oxygen atoms in total. The van der Waals surface area contributed by atoms with Gasteiger partial charge in [-0.2, -0.15) is 0 Å². The number of carbonyl (C=O) groups excluding carboxylic acids is 2. The second kappa shape index (κ2) is 9.47. The summed E-state index contributed by atoms with van der Waals surface area (Å²) >= 11 is 0. The van der Waals surface area contributed by atoms with Crippen molar-refractivity contribution in [2.75, 3.05) is 44.7 Å². The predicted octanol–water partition coefficient (Wildman–Crippen LogP) is 3.24. The maximum Gasteiger partial charge on any atom is 0.246 e. The van der Waals surface area contributed by atoms with Crippen LogP contribution in [0, 0.1) is 5.82 Å². The first-order chi connectivity index (χ1) is 15.1. The van der Waals surface area contributed by atoms with Crippen LogP contribution >= 0.6 is 0 Å². The number of anilines is 1. The van der Waals surface area contributed by atoms with Gasteiger partial charge in [-0.1, -0.05) is 24.6 Å². The third-order valence-electron chi connectivity index (χ3n) is 6.07. The number of amides is 2. The summed E-state index contributed by atoms with van der Waals surface area (Å²) in [6.45, 7) is 2.56. The number of piperidine rings is 1. The summed E-state index contributed by atoms with van der Waals surface area (Å²) in [6, 6.07) is 13.0. The number of hydrogen-bond acceptors (Lipinski definition) is 4. The Balaban J connectivity index is 1.52. The second-order valence-corrected chi connectivity index (χ2v) is 8.06. The van der Waals surface area contributed by atoms with Gasteiger partial charge in [0.1, 0.15) is 24.2 Å². The molecular formula is C24H28FN3O3. The van der Waals surface area contributed by atoms with Crippen molar-refractivity contribution in [1.82, 2.24) is 9.80 Å². The summed E-state index contributed by atoms with van der Waals surface area (Å²) in [6.07, 6.45) is 3.22. The lowest BCUT2D eigenvalue weighted by Crippen LogP contribution is -2.55. The molecular weight excluding hydrogens is 397 g/mol. The summed E-state index contributed by atoms with van der Waals surface area (Å²) in [4.78, 5) is 32.0. The Kier molecular flexibility index (Phi) is 6.51. The van der Waals surface area contributed by atoms with Gasteiger partial charge in [-0.25, -0.2) is 4.39 Å². The van der Waals surface area contributed by atoms with Crippen molar-refractivity contribution < 1.29 is 18.7 Å². The van der Waals surface area contributed by atoms with E-state index >= 15 is 0 Å². The normalized spacial score (nSPS) is 18.7. The molecule has 0 aliphatic carbocycles. The molecule has 2 fully saturated rings. The van der Waals surface area contributed by atoms with Crippen LogP contribution in [0.15, 0.2) is 48.5 Å². The first-order valence-electron chi connectivity index (χ1n) is 10.8. The summed E-state index contributed by atoms with van der Waals surface area (Å²) < 4.78 is 18.8. The lowest BCUT2D eigenvalue weighted by molar-refractivity contribution is -0.142. The molecule has 4 rings (SSSR count). The van der Waals surface area contributed by atoms with E-state index in [1.807, 2.05) is 24.3 Å². The molecule has 0 bridgehead atoms. The molecule has 2 amide bonds. The van der Waals surface area contributed by atoms with Crippen molar-refractivity contribution >= 4 is 17.5 Å². The molecule has 2 aliphatic heterocycles. The Morgan fingerprint density at radius 3 is 2.42 bits per heavy atom. The highest BCUT2D eigenvalue weighted by atomic mass is 19.1. The van der Waals surface area contributed by atoms with E-state index in [1.165, 1.54) is 12.1 Å². The molecule has 7 heteroatoms. The lowest BCUT2D eigenvalue weighted by atomic mass is 10.00. The van der Waals surface area contributed by atoms with Gasteiger partial charge < -0.3 is 14.5 Å². The number of methoxy groups -OCH3 is 1. The lowest BCUT2D eigenvalue weighted by Gasteiger charge is -2.40. The Hall–Kier alpha value is -2.93. The molecule has 0 aromatic heterocycles. The highest BCUT2D eigenvalue weighted by Crippen LogP contribution is 2.29. The molecule has 2 aromatic carbocycles. The van der Waals surface area contributed by atoms with Crippen LogP contribution in [0.1, 0.15) is 30.9 Å². The average molecular weight is 426 g/mol. The van der Waals surface area contributed by atoms with E-state index in [0.29, 0.717) is 18.8 Å². The first-order valence-corrected chi connectivity index (χ1v) is 10.8. The zero-order valence-corrected chi connectivity index (χ0v) is 17.8. The van der Waals surface area contributed by atoms with E-state index in [9.17, 15) is 14.0 Å². The highest BCUT2D eigenvalue weighted by Gasteiger charge is 2.36. The molecule has 1 unspecified atom stereocenters. The van der Waals surface area contributed by atoms with Gasteiger partial charge in [0.2, 0.25) is 11.8 Å². The highest BCUT2D eigenvalue weighted by molar-refractivity contribution is 5.98. The number of ether oxygens (including phenoxy) is 1. The predicted molar refractivity (Wildman–Crippen MR) is 116 cm³/mol. The average Bonchev–Trinajstić information content (AvgIpc) is 2.81. The largest absolute Gasteiger partial charge is 0.497 e. The van der Waals surface area contributed by atoms with Crippen LogP contribution in [0.25, 0.3) is 0 Å². The fourth-order valence-electron chi connectivity index (χ4n) is 4.42. The molecule has 0 spiro atoms. The number of likely N-dealkylation sites (tertiary alicyclic amines) is 1. The van der Waals surface area contributed by atoms with Crippen LogP contribution in [-0.4, -0.2) is 61.4 Å². The maximum atomic E-state index is 13.6. The van der Waals surface area contributed by atoms with Gasteiger partial charge in [0.05, 0.1) is 7.11 Å². The summed E-state index contributed by atoms with van der Waals surface area (Å²) in [7, 11) is 1.59. The van der Waals surface area contributed by atoms with Crippen LogP contribution in [0.3, 0.4) is 0 Å². The Morgan fingerprint density at radius 1 is 1.00 bits per heavy atom. The van der Waals surface area contributed by atoms with Crippen LogP contribution < -0.4 is 9.64 Å². The smallest absolute Gasteiger partial charge is 0.246 e. The molecule has 0 N–H and O–H groups in total. The Labute approximate surface area is 182 Å². The van der Waals surface area contributed by atoms with Gasteiger partial charge in [0.25, 0.3) is 0 Å². The molecule has 2 heterocycles. The minimum Gasteiger partial charge on any atom is -0.497 e. The number of hydrogen-bond donors (Lipinski definition) is 0. The van der Waals surface area contributed by atoms with Crippen molar-refractivity contribution in [3.05, 3.63) is 59.9 Å². The van der Waals surface area contributed by atoms with Crippen LogP contribution in [-0.2, 0) is 9.59 Å². The number of benzene rings is 2. The van der Waals surface area contributed by atoms with E-state index in [1.54, 1.807) is 29.0 Å². The van der Waals surface area contributed by atoms with Crippen LogP contribution in [0.2, 0.25) is 0 Å². The fourth-order valence-corrected chi connectivity index (χ4v) is 4.42. The SMILES string of the molecule is COc1cccc(N2CCN(C(=O)C(c3ccc(F)cc3)N3CCCCC3)CC2=O)c1. The number of rotatable bonds is 5. The van der Waals surface area contributed by atoms with Crippen molar-refractivity contribution in [3.8, 4) is 5.75 Å². The molecule has 164 valence electrons. The van der Waals surface area contributed by atoms with E-state index in [2.05, 4.69) is 4.90 Å². The monoisotopic (exact) mass is 425 g/mol. The van der Waals surface area contributed by atoms with Crippen molar-refractivity contribution in [1.29, 1.82) is 0 Å². The summed E-state index contributed by atoms with van der Waals surface area (Å²) in [5.41, 5.74) is 1.54. The van der Waals surface area contributed by atoms with Gasteiger partial charge >= 0.3 is 0 Å². The second-order valence-electron chi connectivity index (χ2n) is 8.06. The quantitative estimate of drug-likeness (QED) is 0.738. The topological polar surface area (TPSA) is 53.1 Å². The molecule has 2 aromatic rings. The zero-order valence-electron chi connectivity index (χ0n) is 17.8. The Bertz CT molecular complexity index is 928. The first kappa shape index (κ1) is 21.3. The van der Waals surface area contributed by atoms with Gasteiger partial charge in [-0.05, 0) is 55.8 Å². The van der Waals surface area contributed by atoms with E-state index < -0.39 is 6.04 Å². The van der Waals surface area contributed by atoms with E-state index in [0.717, 1.165) is 43.6 Å². The van der Waals surface area contributed by atoms with E-state index in [4.69, 9.17) is 4.74 Å². The van der Waals surface area contributed by atoms with Gasteiger partial charge in [0.15, 0.2) is 0 Å². The fraction of sp³-hybridized carbons (Fsp3) is 0.417. The minimum absolute atomic E-state index is 0.0293. The standard InChI is InChI=1S/C24H28FN3O3/c1-31-21-7-5-6-20(16-21)28-15-14-27(17-22(28)29)24(30)23(26-12-3-2-4-13-26)18-8-10-19(25)11-9-18/h5-11,16,23H,2-4,12-15,17H2,1H3. The minimum atomic E-state index is -0.489. The number of piperazine rings is 1. The number of carbonyl (C=O) groups is 2. The molecule has 2 saturated heterocycles. The van der Waals surface area contributed by atoms with Gasteiger partial charge in [-0.15, -0.1) is 0 Å². The van der Waals surface area contributed by atoms with E-state index in [-0.39, 0.29) is 24.2 Å². The van der Waals surface area contributed by atoms with Crippen molar-refractivity contribution in [2.45, 2.75) is 25.3 Å². The summed E-state index contributed by atoms with van der Waals surface area (Å²) in [5, 5.41) is 0. The van der Waals surface area contributed by atoms with Crippen molar-refractivity contribution in [3.63, 3.8) is 0 Å². The summed E-state index contributed by atoms with van der Waals surface area (Å²) in [5.74, 6) is 0.150. The van der Waals surface area contributed by atoms with Crippen LogP contribution in [0.5, 0.6) is 5.75 Å².